The predicted octanol–water partition coefficient (Wildman–Crippen LogP) is 4.02. The molecule has 0 aliphatic rings. The Bertz CT molecular complexity index is 1010. The summed E-state index contributed by atoms with van der Waals surface area (Å²) in [7, 11) is 3.36. The fourth-order valence-corrected chi connectivity index (χ4v) is 3.00. The minimum absolute atomic E-state index is 0.0965. The van der Waals surface area contributed by atoms with E-state index in [9.17, 15) is 9.59 Å². The number of carbonyl (C=O) groups excluding carboxylic acids is 2. The van der Waals surface area contributed by atoms with Crippen molar-refractivity contribution in [3.8, 4) is 5.75 Å². The Morgan fingerprint density at radius 1 is 0.900 bits per heavy atom. The van der Waals surface area contributed by atoms with Gasteiger partial charge in [0.25, 0.3) is 5.91 Å². The molecule has 0 fully saturated rings. The summed E-state index contributed by atoms with van der Waals surface area (Å²) in [6, 6.07) is 24.1. The summed E-state index contributed by atoms with van der Waals surface area (Å²) < 4.78 is 5.17. The second-order valence-corrected chi connectivity index (χ2v) is 6.86. The molecule has 6 nitrogen and oxygen atoms in total. The molecule has 2 amide bonds. The van der Waals surface area contributed by atoms with Crippen LogP contribution >= 0.6 is 0 Å². The van der Waals surface area contributed by atoms with Gasteiger partial charge in [-0.05, 0) is 35.9 Å². The normalized spacial score (nSPS) is 10.2. The van der Waals surface area contributed by atoms with Crippen molar-refractivity contribution in [3.63, 3.8) is 0 Å². The first-order valence-electron chi connectivity index (χ1n) is 9.62. The molecule has 154 valence electrons. The van der Waals surface area contributed by atoms with Crippen molar-refractivity contribution < 1.29 is 14.3 Å². The minimum Gasteiger partial charge on any atom is -0.497 e. The van der Waals surface area contributed by atoms with E-state index in [1.54, 1.807) is 43.3 Å². The average molecular weight is 403 g/mol. The van der Waals surface area contributed by atoms with E-state index >= 15 is 0 Å². The number of carbonyl (C=O) groups is 2. The predicted molar refractivity (Wildman–Crippen MR) is 119 cm³/mol. The number of ether oxygens (including phenoxy) is 1. The summed E-state index contributed by atoms with van der Waals surface area (Å²) in [5.41, 5.74) is 2.94. The molecule has 30 heavy (non-hydrogen) atoms. The van der Waals surface area contributed by atoms with Crippen LogP contribution in [0.15, 0.2) is 78.9 Å². The average Bonchev–Trinajstić information content (AvgIpc) is 2.78. The SMILES string of the molecule is COc1cccc(NCC(=O)Nc2cccc(C(=O)N(C)Cc3ccccc3)c2)c1. The van der Waals surface area contributed by atoms with Gasteiger partial charge in [0.15, 0.2) is 0 Å². The largest absolute Gasteiger partial charge is 0.497 e. The molecule has 0 heterocycles. The highest BCUT2D eigenvalue weighted by molar-refractivity contribution is 5.98. The highest BCUT2D eigenvalue weighted by atomic mass is 16.5. The van der Waals surface area contributed by atoms with Crippen LogP contribution in [0.4, 0.5) is 11.4 Å². The van der Waals surface area contributed by atoms with Crippen LogP contribution in [0.2, 0.25) is 0 Å². The number of amides is 2. The Morgan fingerprint density at radius 2 is 1.63 bits per heavy atom. The maximum atomic E-state index is 12.7. The molecule has 3 rings (SSSR count). The summed E-state index contributed by atoms with van der Waals surface area (Å²) in [6.45, 7) is 0.611. The Labute approximate surface area is 176 Å². The Morgan fingerprint density at radius 3 is 2.40 bits per heavy atom. The molecular formula is C24H25N3O3. The van der Waals surface area contributed by atoms with Gasteiger partial charge in [0.2, 0.25) is 5.91 Å². The molecule has 0 unspecified atom stereocenters. The highest BCUT2D eigenvalue weighted by Gasteiger charge is 2.13. The molecule has 2 N–H and O–H groups in total. The third-order valence-corrected chi connectivity index (χ3v) is 4.53. The van der Waals surface area contributed by atoms with Crippen LogP contribution < -0.4 is 15.4 Å². The lowest BCUT2D eigenvalue weighted by Gasteiger charge is -2.18. The summed E-state index contributed by atoms with van der Waals surface area (Å²) in [6.07, 6.45) is 0. The third kappa shape index (κ3) is 5.85. The van der Waals surface area contributed by atoms with Crippen molar-refractivity contribution in [1.29, 1.82) is 0 Å². The number of benzene rings is 3. The lowest BCUT2D eigenvalue weighted by Crippen LogP contribution is -2.26. The maximum Gasteiger partial charge on any atom is 0.253 e. The van der Waals surface area contributed by atoms with Gasteiger partial charge >= 0.3 is 0 Å². The van der Waals surface area contributed by atoms with E-state index < -0.39 is 0 Å². The van der Waals surface area contributed by atoms with E-state index in [4.69, 9.17) is 4.74 Å². The molecule has 0 saturated heterocycles. The Hall–Kier alpha value is -3.80. The monoisotopic (exact) mass is 403 g/mol. The van der Waals surface area contributed by atoms with E-state index in [1.165, 1.54) is 0 Å². The fourth-order valence-electron chi connectivity index (χ4n) is 3.00. The first-order valence-corrected chi connectivity index (χ1v) is 9.62. The standard InChI is InChI=1S/C24H25N3O3/c1-27(17-18-8-4-3-5-9-18)24(29)19-10-6-12-21(14-19)26-23(28)16-25-20-11-7-13-22(15-20)30-2/h3-15,25H,16-17H2,1-2H3,(H,26,28). The molecule has 3 aromatic carbocycles. The van der Waals surface area contributed by atoms with Gasteiger partial charge in [-0.1, -0.05) is 42.5 Å². The topological polar surface area (TPSA) is 70.7 Å². The number of anilines is 2. The number of nitrogens with zero attached hydrogens (tertiary/aromatic N) is 1. The van der Waals surface area contributed by atoms with Crippen molar-refractivity contribution in [2.45, 2.75) is 6.54 Å². The third-order valence-electron chi connectivity index (χ3n) is 4.53. The number of hydrogen-bond acceptors (Lipinski definition) is 4. The van der Waals surface area contributed by atoms with Crippen molar-refractivity contribution in [2.24, 2.45) is 0 Å². The number of nitrogens with one attached hydrogen (secondary N) is 2. The number of methoxy groups -OCH3 is 1. The van der Waals surface area contributed by atoms with Crippen molar-refractivity contribution in [2.75, 3.05) is 31.3 Å². The van der Waals surface area contributed by atoms with E-state index in [-0.39, 0.29) is 18.4 Å². The zero-order valence-electron chi connectivity index (χ0n) is 17.1. The van der Waals surface area contributed by atoms with Crippen LogP contribution in [0.25, 0.3) is 0 Å². The van der Waals surface area contributed by atoms with Crippen LogP contribution in [0, 0.1) is 0 Å². The molecule has 0 bridgehead atoms. The molecule has 3 aromatic rings. The Kier molecular flexibility index (Phi) is 7.05. The number of rotatable bonds is 8. The first-order chi connectivity index (χ1) is 14.5. The highest BCUT2D eigenvalue weighted by Crippen LogP contribution is 2.17. The quantitative estimate of drug-likeness (QED) is 0.596. The molecule has 0 spiro atoms. The van der Waals surface area contributed by atoms with Gasteiger partial charge in [-0.3, -0.25) is 9.59 Å². The molecule has 0 aromatic heterocycles. The Balaban J connectivity index is 1.57. The molecule has 0 radical (unpaired) electrons. The smallest absolute Gasteiger partial charge is 0.253 e. The summed E-state index contributed by atoms with van der Waals surface area (Å²) >= 11 is 0. The zero-order chi connectivity index (χ0) is 21.3. The minimum atomic E-state index is -0.208. The van der Waals surface area contributed by atoms with E-state index in [1.807, 2.05) is 54.6 Å². The maximum absolute atomic E-state index is 12.7. The molecule has 0 atom stereocenters. The fraction of sp³-hybridized carbons (Fsp3) is 0.167. The van der Waals surface area contributed by atoms with Crippen LogP contribution in [0.1, 0.15) is 15.9 Å². The second-order valence-electron chi connectivity index (χ2n) is 6.86. The summed E-state index contributed by atoms with van der Waals surface area (Å²) in [4.78, 5) is 26.7. The second kappa shape index (κ2) is 10.1. The van der Waals surface area contributed by atoms with Gasteiger partial charge < -0.3 is 20.3 Å². The van der Waals surface area contributed by atoms with Gasteiger partial charge in [0, 0.05) is 36.6 Å². The van der Waals surface area contributed by atoms with Crippen LogP contribution in [-0.2, 0) is 11.3 Å². The summed E-state index contributed by atoms with van der Waals surface area (Å²) in [5, 5.41) is 5.88. The van der Waals surface area contributed by atoms with Gasteiger partial charge in [0.1, 0.15) is 5.75 Å². The molecule has 6 heteroatoms. The van der Waals surface area contributed by atoms with Crippen molar-refractivity contribution >= 4 is 23.2 Å². The van der Waals surface area contributed by atoms with Crippen molar-refractivity contribution in [1.82, 2.24) is 4.90 Å². The van der Waals surface area contributed by atoms with Crippen LogP contribution in [0.3, 0.4) is 0 Å². The lowest BCUT2D eigenvalue weighted by molar-refractivity contribution is -0.114. The van der Waals surface area contributed by atoms with Crippen molar-refractivity contribution in [3.05, 3.63) is 90.0 Å². The van der Waals surface area contributed by atoms with E-state index in [2.05, 4.69) is 10.6 Å². The van der Waals surface area contributed by atoms with E-state index in [0.29, 0.717) is 23.5 Å². The van der Waals surface area contributed by atoms with Gasteiger partial charge in [-0.15, -0.1) is 0 Å². The zero-order valence-corrected chi connectivity index (χ0v) is 17.1. The number of hydrogen-bond donors (Lipinski definition) is 2. The molecule has 0 aliphatic heterocycles. The van der Waals surface area contributed by atoms with Gasteiger partial charge in [0.05, 0.1) is 13.7 Å². The van der Waals surface area contributed by atoms with Gasteiger partial charge in [-0.2, -0.15) is 0 Å². The van der Waals surface area contributed by atoms with Gasteiger partial charge in [-0.25, -0.2) is 0 Å². The molecule has 0 aliphatic carbocycles. The molecular weight excluding hydrogens is 378 g/mol. The van der Waals surface area contributed by atoms with Crippen LogP contribution in [-0.4, -0.2) is 37.4 Å². The molecule has 0 saturated carbocycles. The summed E-state index contributed by atoms with van der Waals surface area (Å²) in [5.74, 6) is 0.399. The lowest BCUT2D eigenvalue weighted by atomic mass is 10.1. The first kappa shape index (κ1) is 20.9. The van der Waals surface area contributed by atoms with E-state index in [0.717, 1.165) is 11.3 Å². The van der Waals surface area contributed by atoms with Crippen LogP contribution in [0.5, 0.6) is 5.75 Å².